The summed E-state index contributed by atoms with van der Waals surface area (Å²) in [5.74, 6) is -0.312. The van der Waals surface area contributed by atoms with Gasteiger partial charge in [-0.1, -0.05) is 68.4 Å². The molecule has 3 unspecified atom stereocenters. The van der Waals surface area contributed by atoms with Crippen molar-refractivity contribution in [3.63, 3.8) is 0 Å². The van der Waals surface area contributed by atoms with Gasteiger partial charge in [0.05, 0.1) is 12.6 Å². The van der Waals surface area contributed by atoms with E-state index in [9.17, 15) is 14.0 Å². The Kier molecular flexibility index (Phi) is 9.70. The summed E-state index contributed by atoms with van der Waals surface area (Å²) in [7, 11) is 1.65. The van der Waals surface area contributed by atoms with Crippen molar-refractivity contribution in [1.82, 2.24) is 15.1 Å². The van der Waals surface area contributed by atoms with Crippen LogP contribution in [-0.4, -0.2) is 73.1 Å². The van der Waals surface area contributed by atoms with E-state index in [0.717, 1.165) is 18.5 Å². The number of carbonyl (C=O) groups excluding carboxylic acids is 2. The van der Waals surface area contributed by atoms with Gasteiger partial charge in [-0.2, -0.15) is 0 Å². The molecule has 1 aliphatic rings. The van der Waals surface area contributed by atoms with E-state index in [4.69, 9.17) is 4.74 Å². The summed E-state index contributed by atoms with van der Waals surface area (Å²) in [5, 5.41) is 5.31. The number of hydrogen-bond acceptors (Lipinski definition) is 4. The lowest BCUT2D eigenvalue weighted by Crippen LogP contribution is -2.63. The predicted octanol–water partition coefficient (Wildman–Crippen LogP) is 4.45. The summed E-state index contributed by atoms with van der Waals surface area (Å²) in [6.45, 7) is 8.31. The molecule has 1 heterocycles. The number of nitrogens with one attached hydrogen (secondary N) is 1. The fourth-order valence-corrected chi connectivity index (χ4v) is 5.70. The number of amides is 2. The Morgan fingerprint density at radius 3 is 2.33 bits per heavy atom. The van der Waals surface area contributed by atoms with Crippen LogP contribution in [0.2, 0.25) is 0 Å². The Bertz CT molecular complexity index is 1260. The van der Waals surface area contributed by atoms with Crippen LogP contribution >= 0.6 is 0 Å². The van der Waals surface area contributed by atoms with Crippen molar-refractivity contribution in [1.29, 1.82) is 0 Å². The molecule has 1 saturated heterocycles. The van der Waals surface area contributed by atoms with Gasteiger partial charge in [0.1, 0.15) is 11.9 Å². The Morgan fingerprint density at radius 2 is 1.67 bits per heavy atom. The summed E-state index contributed by atoms with van der Waals surface area (Å²) in [6, 6.07) is 20.6. The van der Waals surface area contributed by atoms with Gasteiger partial charge in [-0.15, -0.1) is 0 Å². The molecule has 0 bridgehead atoms. The van der Waals surface area contributed by atoms with Crippen LogP contribution in [0.25, 0.3) is 10.8 Å². The average Bonchev–Trinajstić information content (AvgIpc) is 2.92. The Labute approximate surface area is 231 Å². The zero-order valence-electron chi connectivity index (χ0n) is 23.4. The maximum Gasteiger partial charge on any atom is 0.245 e. The molecule has 0 radical (unpaired) electrons. The zero-order chi connectivity index (χ0) is 27.9. The van der Waals surface area contributed by atoms with Gasteiger partial charge in [-0.05, 0) is 46.4 Å². The molecule has 6 nitrogen and oxygen atoms in total. The summed E-state index contributed by atoms with van der Waals surface area (Å²) < 4.78 is 19.0. The molecule has 208 valence electrons. The molecule has 3 aromatic rings. The molecule has 1 aliphatic heterocycles. The number of piperazine rings is 1. The van der Waals surface area contributed by atoms with Gasteiger partial charge in [0.25, 0.3) is 0 Å². The van der Waals surface area contributed by atoms with Crippen molar-refractivity contribution < 1.29 is 18.7 Å². The van der Waals surface area contributed by atoms with Crippen LogP contribution in [0.1, 0.15) is 31.9 Å². The van der Waals surface area contributed by atoms with E-state index in [1.54, 1.807) is 19.2 Å². The number of halogens is 1. The second kappa shape index (κ2) is 13.2. The minimum Gasteiger partial charge on any atom is -0.382 e. The Balaban J connectivity index is 1.50. The molecular formula is C32H40FN3O3. The normalized spacial score (nSPS) is 17.8. The van der Waals surface area contributed by atoms with E-state index in [2.05, 4.69) is 66.5 Å². The maximum atomic E-state index is 13.8. The van der Waals surface area contributed by atoms with Crippen LogP contribution in [0.4, 0.5) is 4.39 Å². The standard InChI is InChI=1S/C32H40FN3O3/c1-22(2)31(19-25-9-12-26-7-5-6-8-27(26)17-25)35-15-16-36(29(20-35)21-39-4)32(38)30(34-23(3)37)18-24-10-13-28(33)14-11-24/h5-14,17,22,29-31H,15-16,18-21H2,1-4H3,(H,34,37). The summed E-state index contributed by atoms with van der Waals surface area (Å²) in [6.07, 6.45) is 1.23. The first-order chi connectivity index (χ1) is 18.7. The molecule has 4 rings (SSSR count). The van der Waals surface area contributed by atoms with Crippen LogP contribution in [0.3, 0.4) is 0 Å². The zero-order valence-corrected chi connectivity index (χ0v) is 23.4. The third-order valence-electron chi connectivity index (χ3n) is 7.68. The smallest absolute Gasteiger partial charge is 0.245 e. The SMILES string of the molecule is COCC1CN(C(Cc2ccc3ccccc3c2)C(C)C)CCN1C(=O)C(Cc1ccc(F)cc1)NC(C)=O. The van der Waals surface area contributed by atoms with Crippen molar-refractivity contribution in [2.24, 2.45) is 5.92 Å². The molecule has 7 heteroatoms. The molecule has 0 spiro atoms. The molecule has 1 fully saturated rings. The van der Waals surface area contributed by atoms with Gasteiger partial charge in [-0.3, -0.25) is 14.5 Å². The van der Waals surface area contributed by atoms with Crippen molar-refractivity contribution in [2.75, 3.05) is 33.4 Å². The van der Waals surface area contributed by atoms with E-state index in [1.807, 2.05) is 4.90 Å². The second-order valence-corrected chi connectivity index (χ2v) is 10.9. The second-order valence-electron chi connectivity index (χ2n) is 10.9. The molecule has 1 N–H and O–H groups in total. The lowest BCUT2D eigenvalue weighted by Gasteiger charge is -2.46. The highest BCUT2D eigenvalue weighted by molar-refractivity contribution is 5.87. The molecule has 0 saturated carbocycles. The number of fused-ring (bicyclic) bond motifs is 1. The van der Waals surface area contributed by atoms with Crippen LogP contribution in [0.5, 0.6) is 0 Å². The number of methoxy groups -OCH3 is 1. The summed E-state index contributed by atoms with van der Waals surface area (Å²) in [4.78, 5) is 30.1. The Hall–Kier alpha value is -3.29. The fraction of sp³-hybridized carbons (Fsp3) is 0.438. The van der Waals surface area contributed by atoms with Crippen molar-refractivity contribution in [2.45, 2.75) is 51.7 Å². The number of ether oxygens (including phenoxy) is 1. The molecule has 3 aromatic carbocycles. The van der Waals surface area contributed by atoms with Crippen molar-refractivity contribution >= 4 is 22.6 Å². The van der Waals surface area contributed by atoms with E-state index in [0.29, 0.717) is 38.1 Å². The fourth-order valence-electron chi connectivity index (χ4n) is 5.70. The molecule has 0 aliphatic carbocycles. The van der Waals surface area contributed by atoms with Gasteiger partial charge in [0, 0.05) is 46.1 Å². The number of rotatable bonds is 10. The van der Waals surface area contributed by atoms with Crippen LogP contribution in [0, 0.1) is 11.7 Å². The number of benzene rings is 3. The quantitative estimate of drug-likeness (QED) is 0.418. The number of hydrogen-bond donors (Lipinski definition) is 1. The Morgan fingerprint density at radius 1 is 0.974 bits per heavy atom. The van der Waals surface area contributed by atoms with E-state index in [-0.39, 0.29) is 23.7 Å². The molecule has 39 heavy (non-hydrogen) atoms. The first kappa shape index (κ1) is 28.7. The first-order valence-corrected chi connectivity index (χ1v) is 13.8. The lowest BCUT2D eigenvalue weighted by atomic mass is 9.92. The lowest BCUT2D eigenvalue weighted by molar-refractivity contribution is -0.142. The summed E-state index contributed by atoms with van der Waals surface area (Å²) >= 11 is 0. The average molecular weight is 534 g/mol. The van der Waals surface area contributed by atoms with Crippen LogP contribution in [0.15, 0.2) is 66.7 Å². The highest BCUT2D eigenvalue weighted by atomic mass is 19.1. The van der Waals surface area contributed by atoms with Crippen molar-refractivity contribution in [3.8, 4) is 0 Å². The highest BCUT2D eigenvalue weighted by Crippen LogP contribution is 2.24. The third kappa shape index (κ3) is 7.43. The third-order valence-corrected chi connectivity index (χ3v) is 7.68. The molecular weight excluding hydrogens is 493 g/mol. The summed E-state index contributed by atoms with van der Waals surface area (Å²) in [5.41, 5.74) is 2.10. The van der Waals surface area contributed by atoms with Crippen LogP contribution in [-0.2, 0) is 27.2 Å². The maximum absolute atomic E-state index is 13.8. The predicted molar refractivity (Wildman–Crippen MR) is 153 cm³/mol. The largest absolute Gasteiger partial charge is 0.382 e. The monoisotopic (exact) mass is 533 g/mol. The minimum absolute atomic E-state index is 0.133. The number of carbonyl (C=O) groups is 2. The van der Waals surface area contributed by atoms with Gasteiger partial charge in [-0.25, -0.2) is 4.39 Å². The van der Waals surface area contributed by atoms with Gasteiger partial charge < -0.3 is 15.0 Å². The van der Waals surface area contributed by atoms with Crippen LogP contribution < -0.4 is 5.32 Å². The molecule has 2 amide bonds. The van der Waals surface area contributed by atoms with Gasteiger partial charge >= 0.3 is 0 Å². The van der Waals surface area contributed by atoms with Gasteiger partial charge in [0.15, 0.2) is 0 Å². The topological polar surface area (TPSA) is 61.9 Å². The van der Waals surface area contributed by atoms with Crippen molar-refractivity contribution in [3.05, 3.63) is 83.7 Å². The van der Waals surface area contributed by atoms with E-state index < -0.39 is 6.04 Å². The first-order valence-electron chi connectivity index (χ1n) is 13.8. The van der Waals surface area contributed by atoms with E-state index in [1.165, 1.54) is 35.4 Å². The molecule has 0 aromatic heterocycles. The molecule has 3 atom stereocenters. The van der Waals surface area contributed by atoms with Gasteiger partial charge in [0.2, 0.25) is 11.8 Å². The highest BCUT2D eigenvalue weighted by Gasteiger charge is 2.37. The van der Waals surface area contributed by atoms with E-state index >= 15 is 0 Å². The minimum atomic E-state index is -0.725. The number of nitrogens with zero attached hydrogens (tertiary/aromatic N) is 2.